The van der Waals surface area contributed by atoms with E-state index in [4.69, 9.17) is 31.3 Å². The molecule has 7 aromatic carbocycles. The number of hydrogen-bond donors (Lipinski definition) is 8. The van der Waals surface area contributed by atoms with Crippen molar-refractivity contribution in [2.45, 2.75) is 13.8 Å². The van der Waals surface area contributed by atoms with Crippen molar-refractivity contribution in [1.29, 1.82) is 0 Å². The van der Waals surface area contributed by atoms with Crippen LogP contribution in [-0.4, -0.2) is 65.8 Å². The summed E-state index contributed by atoms with van der Waals surface area (Å²) < 4.78 is 0. The molecule has 15 nitrogen and oxygen atoms in total. The quantitative estimate of drug-likeness (QED) is 0.0724. The van der Waals surface area contributed by atoms with Gasteiger partial charge in [0.15, 0.2) is 0 Å². The Morgan fingerprint density at radius 2 is 0.824 bits per heavy atom. The van der Waals surface area contributed by atoms with Crippen LogP contribution in [-0.2, 0) is 0 Å². The first-order valence-electron chi connectivity index (χ1n) is 21.8. The van der Waals surface area contributed by atoms with Gasteiger partial charge in [-0.2, -0.15) is 0 Å². The number of rotatable bonds is 7. The van der Waals surface area contributed by atoms with Crippen molar-refractivity contribution in [2.75, 3.05) is 10.6 Å². The van der Waals surface area contributed by atoms with Crippen LogP contribution in [0.5, 0.6) is 0 Å². The minimum atomic E-state index is -0.439. The molecule has 13 rings (SSSR count). The predicted molar refractivity (Wildman–Crippen MR) is 268 cm³/mol. The van der Waals surface area contributed by atoms with Gasteiger partial charge in [-0.05, 0) is 98.8 Å². The number of nitrogens with one attached hydrogen (secondary N) is 8. The Morgan fingerprint density at radius 1 is 0.426 bits per heavy atom. The van der Waals surface area contributed by atoms with Gasteiger partial charge in [-0.1, -0.05) is 53.9 Å². The van der Waals surface area contributed by atoms with Crippen LogP contribution in [0.25, 0.3) is 123 Å². The number of imidazole rings is 6. The molecule has 6 aromatic heterocycles. The van der Waals surface area contributed by atoms with E-state index in [1.807, 2.05) is 91.9 Å². The molecule has 8 N–H and O–H groups in total. The number of nitrogens with zero attached hydrogens (tertiary/aromatic N) is 6. The van der Waals surface area contributed by atoms with Gasteiger partial charge in [0.05, 0.1) is 66.2 Å². The van der Waals surface area contributed by atoms with E-state index in [-0.39, 0.29) is 0 Å². The lowest BCUT2D eigenvalue weighted by atomic mass is 10.1. The Morgan fingerprint density at radius 3 is 1.31 bits per heavy atom. The second-order valence-electron chi connectivity index (χ2n) is 17.0. The van der Waals surface area contributed by atoms with Crippen LogP contribution in [0.3, 0.4) is 0 Å². The minimum absolute atomic E-state index is 0.439. The zero-order chi connectivity index (χ0) is 45.6. The molecule has 0 aliphatic heterocycles. The maximum Gasteiger partial charge on any atom is 0.323 e. The number of fused-ring (bicyclic) bond motifs is 6. The van der Waals surface area contributed by atoms with Gasteiger partial charge in [0.2, 0.25) is 0 Å². The van der Waals surface area contributed by atoms with Crippen LogP contribution in [0, 0.1) is 26.2 Å². The molecule has 15 heteroatoms. The summed E-state index contributed by atoms with van der Waals surface area (Å²) in [6.45, 7) is 4.01. The fraction of sp³-hybridized carbons (Fsp3) is 0.0377. The molecule has 0 spiro atoms. The van der Waals surface area contributed by atoms with E-state index in [9.17, 15) is 4.79 Å². The average molecular weight is 885 g/mol. The Hall–Kier alpha value is -9.81. The number of hydrogen-bond acceptors (Lipinski definition) is 7. The van der Waals surface area contributed by atoms with Crippen LogP contribution < -0.4 is 10.6 Å². The first-order valence-corrected chi connectivity index (χ1v) is 21.8. The molecule has 0 atom stereocenters. The van der Waals surface area contributed by atoms with E-state index in [1.54, 1.807) is 24.3 Å². The maximum absolute atomic E-state index is 13.5. The lowest BCUT2D eigenvalue weighted by molar-refractivity contribution is 0.262. The summed E-state index contributed by atoms with van der Waals surface area (Å²) in [4.78, 5) is 63.7. The number of benzene rings is 7. The molecule has 324 valence electrons. The maximum atomic E-state index is 13.5. The number of aryl methyl sites for hydroxylation is 2. The monoisotopic (exact) mass is 884 g/mol. The van der Waals surface area contributed by atoms with Crippen molar-refractivity contribution in [3.05, 3.63) is 144 Å². The Bertz CT molecular complexity index is 4090. The van der Waals surface area contributed by atoms with Crippen LogP contribution in [0.15, 0.2) is 127 Å². The van der Waals surface area contributed by atoms with E-state index >= 15 is 0 Å². The summed E-state index contributed by atoms with van der Waals surface area (Å²) in [6, 6.07) is 40.8. The molecule has 0 aliphatic rings. The van der Waals surface area contributed by atoms with Crippen molar-refractivity contribution in [1.82, 2.24) is 59.8 Å². The number of urea groups is 1. The zero-order valence-electron chi connectivity index (χ0n) is 36.3. The van der Waals surface area contributed by atoms with Gasteiger partial charge in [0.1, 0.15) is 34.9 Å². The fourth-order valence-corrected chi connectivity index (χ4v) is 8.91. The summed E-state index contributed by atoms with van der Waals surface area (Å²) in [5, 5.41) is 5.91. The van der Waals surface area contributed by atoms with Crippen LogP contribution in [0.4, 0.5) is 16.2 Å². The molecular weight excluding hydrogens is 849 g/mol. The third-order valence-electron chi connectivity index (χ3n) is 12.1. The first kappa shape index (κ1) is 38.6. The number of H-pyrrole nitrogens is 6. The average Bonchev–Trinajstić information content (AvgIpc) is 4.21. The van der Waals surface area contributed by atoms with Gasteiger partial charge >= 0.3 is 6.03 Å². The minimum Gasteiger partial charge on any atom is -0.342 e. The standard InChI is InChI=1S/C53H36N14O/c1-4-28-9-6-13-34(15-28)56-53(68)57-35-18-32(51-64-44-22-40-41(23-45(44)65-51)59-48(58-40)29-10-5-8-26(2)14-29)17-33(19-35)52-66-46-24-42-43(25-47(46)67-52)63-50(62-42)31-12-7-11-30(16-31)49-60-38-20-36-37(21-39(38)61-49)55-27(3)54-36/h1,5-25H,2-3H3,(H,54,55)(H,58,59)(H,60,61)(H,62,63)(H,64,65)(H,66,67)(H2,56,57,68). The topological polar surface area (TPSA) is 213 Å². The summed E-state index contributed by atoms with van der Waals surface area (Å²) in [7, 11) is 0. The summed E-state index contributed by atoms with van der Waals surface area (Å²) in [6.07, 6.45) is 5.62. The largest absolute Gasteiger partial charge is 0.342 e. The van der Waals surface area contributed by atoms with Crippen molar-refractivity contribution >= 4 is 83.6 Å². The summed E-state index contributed by atoms with van der Waals surface area (Å²) in [5.74, 6) is 6.95. The highest BCUT2D eigenvalue weighted by Gasteiger charge is 2.18. The highest BCUT2D eigenvalue weighted by molar-refractivity contribution is 6.02. The molecule has 0 radical (unpaired) electrons. The third-order valence-corrected chi connectivity index (χ3v) is 12.1. The van der Waals surface area contributed by atoms with Crippen LogP contribution >= 0.6 is 0 Å². The molecule has 13 aromatic rings. The highest BCUT2D eigenvalue weighted by Crippen LogP contribution is 2.34. The molecule has 0 unspecified atom stereocenters. The van der Waals surface area contributed by atoms with E-state index < -0.39 is 6.03 Å². The van der Waals surface area contributed by atoms with Gasteiger partial charge in [-0.25, -0.2) is 34.7 Å². The third kappa shape index (κ3) is 6.84. The molecule has 0 saturated heterocycles. The number of anilines is 2. The SMILES string of the molecule is C#Cc1cccc(NC(=O)Nc2cc(-c3nc4cc5[nH]c(-c6cccc(C)c6)nc5cc4[nH]3)cc(-c3nc4cc5[nH]c(-c6cccc(-c7nc8cc9[nH]c(C)nc9cc8[nH]7)c6)nc5cc4[nH]3)c2)c1. The second-order valence-corrected chi connectivity index (χ2v) is 17.0. The molecular formula is C53H36N14O. The fourth-order valence-electron chi connectivity index (χ4n) is 8.91. The normalized spacial score (nSPS) is 11.7. The molecule has 0 saturated carbocycles. The van der Waals surface area contributed by atoms with Gasteiger partial charge in [0.25, 0.3) is 0 Å². The molecule has 0 aliphatic carbocycles. The van der Waals surface area contributed by atoms with Gasteiger partial charge < -0.3 is 40.5 Å². The summed E-state index contributed by atoms with van der Waals surface area (Å²) in [5.41, 5.74) is 17.2. The summed E-state index contributed by atoms with van der Waals surface area (Å²) >= 11 is 0. The van der Waals surface area contributed by atoms with E-state index in [2.05, 4.69) is 76.6 Å². The van der Waals surface area contributed by atoms with Crippen molar-refractivity contribution in [2.24, 2.45) is 0 Å². The van der Waals surface area contributed by atoms with Gasteiger partial charge in [-0.3, -0.25) is 0 Å². The molecule has 0 fully saturated rings. The Labute approximate surface area is 385 Å². The number of aromatic amines is 6. The molecule has 0 bridgehead atoms. The number of amides is 2. The molecule has 2 amide bonds. The molecule has 68 heavy (non-hydrogen) atoms. The van der Waals surface area contributed by atoms with Crippen molar-refractivity contribution in [3.63, 3.8) is 0 Å². The number of carbonyl (C=O) groups is 1. The predicted octanol–water partition coefficient (Wildman–Crippen LogP) is 11.5. The van der Waals surface area contributed by atoms with Gasteiger partial charge in [-0.15, -0.1) is 6.42 Å². The number of terminal acetylenes is 1. The Kier molecular flexibility index (Phi) is 8.45. The second kappa shape index (κ2) is 14.9. The van der Waals surface area contributed by atoms with E-state index in [1.165, 1.54) is 0 Å². The first-order chi connectivity index (χ1) is 33.2. The van der Waals surface area contributed by atoms with Crippen LogP contribution in [0.1, 0.15) is 17.0 Å². The molecule has 6 heterocycles. The highest BCUT2D eigenvalue weighted by atomic mass is 16.2. The number of aromatic nitrogens is 12. The van der Waals surface area contributed by atoms with E-state index in [0.717, 1.165) is 123 Å². The Balaban J connectivity index is 0.836. The van der Waals surface area contributed by atoms with Crippen molar-refractivity contribution < 1.29 is 4.79 Å². The van der Waals surface area contributed by atoms with Gasteiger partial charge in [0, 0.05) is 44.8 Å². The zero-order valence-corrected chi connectivity index (χ0v) is 36.3. The number of carbonyl (C=O) groups excluding carboxylic acids is 1. The van der Waals surface area contributed by atoms with Crippen LogP contribution in [0.2, 0.25) is 0 Å². The lowest BCUT2D eigenvalue weighted by Crippen LogP contribution is -2.19. The smallest absolute Gasteiger partial charge is 0.323 e. The van der Waals surface area contributed by atoms with E-state index in [0.29, 0.717) is 28.6 Å². The van der Waals surface area contributed by atoms with Crippen molar-refractivity contribution in [3.8, 4) is 69.3 Å². The lowest BCUT2D eigenvalue weighted by Gasteiger charge is -2.11.